The molecule has 2 rings (SSSR count). The molecule has 0 fully saturated rings. The van der Waals surface area contributed by atoms with Gasteiger partial charge in [0.1, 0.15) is 11.6 Å². The second-order valence-corrected chi connectivity index (χ2v) is 6.31. The van der Waals surface area contributed by atoms with Gasteiger partial charge in [0, 0.05) is 5.57 Å². The van der Waals surface area contributed by atoms with Gasteiger partial charge in [0.25, 0.3) is 0 Å². The number of benzene rings is 2. The van der Waals surface area contributed by atoms with Crippen molar-refractivity contribution in [3.05, 3.63) is 77.4 Å². The molecule has 0 atom stereocenters. The summed E-state index contributed by atoms with van der Waals surface area (Å²) in [7, 11) is 0. The van der Waals surface area contributed by atoms with Crippen molar-refractivity contribution in [2.45, 2.75) is 52.4 Å². The zero-order chi connectivity index (χ0) is 19.9. The quantitative estimate of drug-likeness (QED) is 0.332. The van der Waals surface area contributed by atoms with Crippen LogP contribution in [0.2, 0.25) is 0 Å². The first kappa shape index (κ1) is 22.2. The fourth-order valence-corrected chi connectivity index (χ4v) is 2.73. The Morgan fingerprint density at radius 2 is 1.22 bits per heavy atom. The lowest BCUT2D eigenvalue weighted by Gasteiger charge is -2.09. The first-order valence-electron chi connectivity index (χ1n) is 9.64. The number of carbonyl (C=O) groups is 1. The first-order valence-corrected chi connectivity index (χ1v) is 9.64. The topological polar surface area (TPSA) is 61.1 Å². The van der Waals surface area contributed by atoms with E-state index in [1.807, 2.05) is 36.4 Å². The Morgan fingerprint density at radius 1 is 0.815 bits per heavy atom. The molecule has 0 saturated heterocycles. The van der Waals surface area contributed by atoms with E-state index < -0.39 is 5.97 Å². The van der Waals surface area contributed by atoms with Crippen LogP contribution in [-0.2, 0) is 4.79 Å². The lowest BCUT2D eigenvalue weighted by molar-refractivity contribution is -0.132. The van der Waals surface area contributed by atoms with Crippen molar-refractivity contribution in [1.29, 1.82) is 5.26 Å². The number of unbranched alkanes of at least 4 members (excludes halogenated alkanes) is 5. The molecular weight excluding hydrogens is 334 g/mol. The highest BCUT2D eigenvalue weighted by Crippen LogP contribution is 2.26. The van der Waals surface area contributed by atoms with Crippen molar-refractivity contribution < 1.29 is 9.90 Å². The van der Waals surface area contributed by atoms with E-state index in [0.29, 0.717) is 16.7 Å². The van der Waals surface area contributed by atoms with E-state index in [2.05, 4.69) is 13.8 Å². The van der Waals surface area contributed by atoms with Crippen LogP contribution in [0.15, 0.2) is 66.2 Å². The van der Waals surface area contributed by atoms with Crippen molar-refractivity contribution in [3.8, 4) is 6.07 Å². The Kier molecular flexibility index (Phi) is 11.0. The highest BCUT2D eigenvalue weighted by atomic mass is 16.4. The van der Waals surface area contributed by atoms with E-state index >= 15 is 0 Å². The van der Waals surface area contributed by atoms with Crippen molar-refractivity contribution in [1.82, 2.24) is 0 Å². The van der Waals surface area contributed by atoms with E-state index in [4.69, 9.17) is 5.26 Å². The Labute approximate surface area is 163 Å². The van der Waals surface area contributed by atoms with Gasteiger partial charge in [-0.25, -0.2) is 4.79 Å². The van der Waals surface area contributed by atoms with Gasteiger partial charge in [0.15, 0.2) is 0 Å². The third-order valence-corrected chi connectivity index (χ3v) is 4.16. The summed E-state index contributed by atoms with van der Waals surface area (Å²) in [4.78, 5) is 11.2. The molecule has 0 amide bonds. The average Bonchev–Trinajstić information content (AvgIpc) is 2.71. The molecule has 0 bridgehead atoms. The summed E-state index contributed by atoms with van der Waals surface area (Å²) in [5, 5.41) is 18.3. The average molecular weight is 364 g/mol. The maximum absolute atomic E-state index is 11.2. The molecule has 0 aliphatic heterocycles. The number of hydrogen-bond donors (Lipinski definition) is 1. The molecular formula is C24H29NO2. The van der Waals surface area contributed by atoms with Gasteiger partial charge in [-0.05, 0) is 11.1 Å². The van der Waals surface area contributed by atoms with Gasteiger partial charge in [0.05, 0.1) is 0 Å². The number of rotatable bonds is 8. The fraction of sp³-hybridized carbons (Fsp3) is 0.333. The molecule has 27 heavy (non-hydrogen) atoms. The molecule has 0 saturated carbocycles. The maximum Gasteiger partial charge on any atom is 0.347 e. The summed E-state index contributed by atoms with van der Waals surface area (Å²) >= 11 is 0. The van der Waals surface area contributed by atoms with Gasteiger partial charge in [0.2, 0.25) is 0 Å². The Morgan fingerprint density at radius 3 is 1.52 bits per heavy atom. The molecule has 0 spiro atoms. The molecule has 142 valence electrons. The SMILES string of the molecule is CCCCCCCC.N#CC(C(=O)O)=C(c1ccccc1)c1ccccc1. The molecule has 0 unspecified atom stereocenters. The minimum Gasteiger partial charge on any atom is -0.477 e. The minimum absolute atomic E-state index is 0.252. The van der Waals surface area contributed by atoms with Gasteiger partial charge >= 0.3 is 5.97 Å². The predicted molar refractivity (Wildman–Crippen MR) is 111 cm³/mol. The van der Waals surface area contributed by atoms with Crippen LogP contribution >= 0.6 is 0 Å². The van der Waals surface area contributed by atoms with Gasteiger partial charge in [-0.3, -0.25) is 0 Å². The fourth-order valence-electron chi connectivity index (χ4n) is 2.73. The zero-order valence-corrected chi connectivity index (χ0v) is 16.3. The number of nitrogens with zero attached hydrogens (tertiary/aromatic N) is 1. The number of carboxylic acid groups (broad SMARTS) is 1. The molecule has 0 aromatic heterocycles. The van der Waals surface area contributed by atoms with Gasteiger partial charge in [-0.1, -0.05) is 113 Å². The van der Waals surface area contributed by atoms with Gasteiger partial charge in [-0.2, -0.15) is 5.26 Å². The highest BCUT2D eigenvalue weighted by molar-refractivity contribution is 6.04. The van der Waals surface area contributed by atoms with E-state index in [1.54, 1.807) is 30.3 Å². The van der Waals surface area contributed by atoms with Crippen LogP contribution in [0.25, 0.3) is 5.57 Å². The summed E-state index contributed by atoms with van der Waals surface area (Å²) < 4.78 is 0. The predicted octanol–water partition coefficient (Wildman–Crippen LogP) is 6.46. The smallest absolute Gasteiger partial charge is 0.347 e. The summed E-state index contributed by atoms with van der Waals surface area (Å²) in [6, 6.07) is 19.9. The Bertz CT molecular complexity index is 695. The molecule has 0 heterocycles. The van der Waals surface area contributed by atoms with Crippen molar-refractivity contribution >= 4 is 11.5 Å². The van der Waals surface area contributed by atoms with Gasteiger partial charge < -0.3 is 5.11 Å². The monoisotopic (exact) mass is 363 g/mol. The normalized spacial score (nSPS) is 9.52. The molecule has 3 nitrogen and oxygen atoms in total. The largest absolute Gasteiger partial charge is 0.477 e. The molecule has 0 radical (unpaired) electrons. The van der Waals surface area contributed by atoms with Crippen LogP contribution in [0.4, 0.5) is 0 Å². The van der Waals surface area contributed by atoms with Crippen LogP contribution in [-0.4, -0.2) is 11.1 Å². The third kappa shape index (κ3) is 7.92. The summed E-state index contributed by atoms with van der Waals surface area (Å²) in [5.74, 6) is -1.22. The lowest BCUT2D eigenvalue weighted by Crippen LogP contribution is -2.03. The second-order valence-electron chi connectivity index (χ2n) is 6.31. The van der Waals surface area contributed by atoms with Crippen LogP contribution in [0.1, 0.15) is 63.5 Å². The molecule has 1 N–H and O–H groups in total. The summed E-state index contributed by atoms with van der Waals surface area (Å²) in [6.07, 6.45) is 8.49. The Hall–Kier alpha value is -2.86. The lowest BCUT2D eigenvalue weighted by atomic mass is 9.93. The maximum atomic E-state index is 11.2. The number of carboxylic acids is 1. The standard InChI is InChI=1S/C16H11NO2.C8H18/c17-11-14(16(18)19)15(12-7-3-1-4-8-12)13-9-5-2-6-10-13;1-3-5-7-8-6-4-2/h1-10H,(H,18,19);3-8H2,1-2H3. The van der Waals surface area contributed by atoms with Gasteiger partial charge in [-0.15, -0.1) is 0 Å². The number of nitriles is 1. The summed E-state index contributed by atoms with van der Waals surface area (Å²) in [6.45, 7) is 4.51. The third-order valence-electron chi connectivity index (χ3n) is 4.16. The second kappa shape index (κ2) is 13.4. The molecule has 2 aromatic rings. The van der Waals surface area contributed by atoms with E-state index in [9.17, 15) is 9.90 Å². The first-order chi connectivity index (χ1) is 13.2. The van der Waals surface area contributed by atoms with Crippen LogP contribution in [0.5, 0.6) is 0 Å². The highest BCUT2D eigenvalue weighted by Gasteiger charge is 2.17. The van der Waals surface area contributed by atoms with Crippen molar-refractivity contribution in [2.24, 2.45) is 0 Å². The van der Waals surface area contributed by atoms with E-state index in [0.717, 1.165) is 0 Å². The number of hydrogen-bond acceptors (Lipinski definition) is 2. The van der Waals surface area contributed by atoms with Crippen LogP contribution < -0.4 is 0 Å². The summed E-state index contributed by atoms with van der Waals surface area (Å²) in [5.41, 5.74) is 1.62. The molecule has 2 aromatic carbocycles. The molecule has 3 heteroatoms. The van der Waals surface area contributed by atoms with E-state index in [-0.39, 0.29) is 5.57 Å². The molecule has 0 aliphatic rings. The zero-order valence-electron chi connectivity index (χ0n) is 16.3. The van der Waals surface area contributed by atoms with Crippen molar-refractivity contribution in [2.75, 3.05) is 0 Å². The molecule has 0 aliphatic carbocycles. The Balaban J connectivity index is 0.000000387. The minimum atomic E-state index is -1.22. The van der Waals surface area contributed by atoms with Crippen LogP contribution in [0, 0.1) is 11.3 Å². The van der Waals surface area contributed by atoms with E-state index in [1.165, 1.54) is 38.5 Å². The number of aliphatic carboxylic acids is 1. The van der Waals surface area contributed by atoms with Crippen LogP contribution in [0.3, 0.4) is 0 Å². The van der Waals surface area contributed by atoms with Crippen molar-refractivity contribution in [3.63, 3.8) is 0 Å².